The molecule has 3 aliphatic heterocycles. The summed E-state index contributed by atoms with van der Waals surface area (Å²) in [4.78, 5) is 33.9. The van der Waals surface area contributed by atoms with Crippen LogP contribution in [0.4, 0.5) is 0 Å². The summed E-state index contributed by atoms with van der Waals surface area (Å²) < 4.78 is 0. The highest BCUT2D eigenvalue weighted by molar-refractivity contribution is 6.10. The number of piperidine rings is 1. The van der Waals surface area contributed by atoms with Gasteiger partial charge in [-0.05, 0) is 70.7 Å². The monoisotopic (exact) mass is 372 g/mol. The molecule has 2 amide bonds. The molecule has 6 nitrogen and oxygen atoms in total. The predicted octanol–water partition coefficient (Wildman–Crippen LogP) is 2.48. The highest BCUT2D eigenvalue weighted by atomic mass is 16.2. The van der Waals surface area contributed by atoms with Gasteiger partial charge in [-0.1, -0.05) is 6.92 Å². The van der Waals surface area contributed by atoms with Gasteiger partial charge in [-0.3, -0.25) is 9.59 Å². The lowest BCUT2D eigenvalue weighted by atomic mass is 9.89. The number of nitrogens with zero attached hydrogens (tertiary/aromatic N) is 3. The first kappa shape index (κ1) is 19.8. The van der Waals surface area contributed by atoms with Gasteiger partial charge < -0.3 is 15.1 Å². The molecule has 0 aromatic heterocycles. The van der Waals surface area contributed by atoms with E-state index in [0.717, 1.165) is 25.2 Å². The molecule has 1 N–H and O–H groups in total. The molecule has 3 aliphatic rings. The smallest absolute Gasteiger partial charge is 0.250 e. The van der Waals surface area contributed by atoms with Crippen LogP contribution in [0, 0.1) is 5.92 Å². The van der Waals surface area contributed by atoms with Crippen molar-refractivity contribution in [2.45, 2.75) is 65.0 Å². The van der Waals surface area contributed by atoms with E-state index in [0.29, 0.717) is 11.8 Å². The molecule has 0 radical (unpaired) electrons. The standard InChI is InChI=1S/C21H32N4O2/c1-15-8-10-25-17(11-15)22-18(26)12-21(25,5)19(27)23-20(3,4)14-24-9-6-7-16(2)13-24/h8,10-11,16H,6-7,9,12-14H2,1-5H3,(H,23,27). The Morgan fingerprint density at radius 2 is 2.19 bits per heavy atom. The fraction of sp³-hybridized carbons (Fsp3) is 0.667. The second-order valence-electron chi connectivity index (χ2n) is 9.21. The minimum absolute atomic E-state index is 0.0798. The number of amides is 2. The van der Waals surface area contributed by atoms with Gasteiger partial charge in [0.15, 0.2) is 0 Å². The number of carbonyl (C=O) groups is 2. The highest BCUT2D eigenvalue weighted by Gasteiger charge is 2.46. The summed E-state index contributed by atoms with van der Waals surface area (Å²) in [5.74, 6) is 0.870. The van der Waals surface area contributed by atoms with E-state index in [-0.39, 0.29) is 23.8 Å². The van der Waals surface area contributed by atoms with Crippen LogP contribution >= 0.6 is 0 Å². The maximum atomic E-state index is 13.3. The quantitative estimate of drug-likeness (QED) is 0.823. The molecular formula is C21H32N4O2. The number of amidine groups is 1. The largest absolute Gasteiger partial charge is 0.348 e. The van der Waals surface area contributed by atoms with Gasteiger partial charge >= 0.3 is 0 Å². The molecule has 0 aliphatic carbocycles. The van der Waals surface area contributed by atoms with E-state index in [1.54, 1.807) is 0 Å². The Morgan fingerprint density at radius 1 is 1.44 bits per heavy atom. The van der Waals surface area contributed by atoms with Gasteiger partial charge in [0.05, 0.1) is 6.42 Å². The topological polar surface area (TPSA) is 65.0 Å². The van der Waals surface area contributed by atoms with Crippen LogP contribution in [0.5, 0.6) is 0 Å². The lowest BCUT2D eigenvalue weighted by Crippen LogP contribution is -2.64. The zero-order chi connectivity index (χ0) is 19.8. The highest BCUT2D eigenvalue weighted by Crippen LogP contribution is 2.30. The van der Waals surface area contributed by atoms with E-state index in [9.17, 15) is 9.59 Å². The first-order chi connectivity index (χ1) is 12.6. The zero-order valence-corrected chi connectivity index (χ0v) is 17.2. The summed E-state index contributed by atoms with van der Waals surface area (Å²) in [6, 6.07) is 0. The summed E-state index contributed by atoms with van der Waals surface area (Å²) in [7, 11) is 0. The van der Waals surface area contributed by atoms with Crippen molar-refractivity contribution in [2.75, 3.05) is 19.6 Å². The molecular weight excluding hydrogens is 340 g/mol. The number of rotatable bonds is 4. The maximum absolute atomic E-state index is 13.3. The molecule has 2 atom stereocenters. The van der Waals surface area contributed by atoms with Gasteiger partial charge in [-0.15, -0.1) is 0 Å². The van der Waals surface area contributed by atoms with Crippen LogP contribution in [0.15, 0.2) is 28.9 Å². The van der Waals surface area contributed by atoms with Gasteiger partial charge in [-0.25, -0.2) is 0 Å². The number of hydrogen-bond donors (Lipinski definition) is 1. The van der Waals surface area contributed by atoms with Gasteiger partial charge in [-0.2, -0.15) is 4.99 Å². The van der Waals surface area contributed by atoms with Crippen molar-refractivity contribution in [1.82, 2.24) is 15.1 Å². The van der Waals surface area contributed by atoms with Crippen LogP contribution in [-0.2, 0) is 9.59 Å². The average molecular weight is 373 g/mol. The van der Waals surface area contributed by atoms with E-state index in [4.69, 9.17) is 0 Å². The molecule has 3 heterocycles. The molecule has 1 saturated heterocycles. The lowest BCUT2D eigenvalue weighted by Gasteiger charge is -2.44. The van der Waals surface area contributed by atoms with Crippen molar-refractivity contribution in [3.05, 3.63) is 23.9 Å². The third kappa shape index (κ3) is 4.32. The van der Waals surface area contributed by atoms with Crippen molar-refractivity contribution in [2.24, 2.45) is 10.9 Å². The van der Waals surface area contributed by atoms with Crippen LogP contribution in [0.25, 0.3) is 0 Å². The Bertz CT molecular complexity index is 722. The zero-order valence-electron chi connectivity index (χ0n) is 17.2. The fourth-order valence-electron chi connectivity index (χ4n) is 4.30. The molecule has 3 rings (SSSR count). The van der Waals surface area contributed by atoms with Crippen molar-refractivity contribution in [3.8, 4) is 0 Å². The molecule has 1 fully saturated rings. The normalized spacial score (nSPS) is 29.1. The summed E-state index contributed by atoms with van der Waals surface area (Å²) in [6.45, 7) is 13.1. The average Bonchev–Trinajstić information content (AvgIpc) is 2.53. The van der Waals surface area contributed by atoms with E-state index < -0.39 is 5.54 Å². The van der Waals surface area contributed by atoms with Gasteiger partial charge in [0.1, 0.15) is 11.4 Å². The van der Waals surface area contributed by atoms with Crippen LogP contribution in [-0.4, -0.2) is 58.2 Å². The summed E-state index contributed by atoms with van der Waals surface area (Å²) in [5.41, 5.74) is -0.323. The van der Waals surface area contributed by atoms with Gasteiger partial charge in [0.25, 0.3) is 5.91 Å². The number of carbonyl (C=O) groups excluding carboxylic acids is 2. The van der Waals surface area contributed by atoms with E-state index in [1.807, 2.05) is 37.1 Å². The second-order valence-corrected chi connectivity index (χ2v) is 9.21. The van der Waals surface area contributed by atoms with Crippen molar-refractivity contribution >= 4 is 17.6 Å². The van der Waals surface area contributed by atoms with E-state index in [2.05, 4.69) is 36.0 Å². The molecule has 6 heteroatoms. The Kier molecular flexibility index (Phi) is 5.30. The third-order valence-electron chi connectivity index (χ3n) is 5.66. The maximum Gasteiger partial charge on any atom is 0.250 e. The first-order valence-electron chi connectivity index (χ1n) is 9.91. The Morgan fingerprint density at radius 3 is 2.89 bits per heavy atom. The molecule has 0 bridgehead atoms. The number of fused-ring (bicyclic) bond motifs is 1. The van der Waals surface area contributed by atoms with Gasteiger partial charge in [0, 0.05) is 24.8 Å². The number of hydrogen-bond acceptors (Lipinski definition) is 4. The number of allylic oxidation sites excluding steroid dienone is 2. The second kappa shape index (κ2) is 7.23. The van der Waals surface area contributed by atoms with Crippen molar-refractivity contribution in [1.29, 1.82) is 0 Å². The van der Waals surface area contributed by atoms with Crippen molar-refractivity contribution < 1.29 is 9.59 Å². The van der Waals surface area contributed by atoms with Crippen LogP contribution in [0.1, 0.15) is 53.9 Å². The minimum Gasteiger partial charge on any atom is -0.348 e. The molecule has 0 spiro atoms. The van der Waals surface area contributed by atoms with E-state index >= 15 is 0 Å². The van der Waals surface area contributed by atoms with Crippen molar-refractivity contribution in [3.63, 3.8) is 0 Å². The molecule has 0 aromatic carbocycles. The molecule has 0 saturated carbocycles. The Hall–Kier alpha value is -1.95. The molecule has 27 heavy (non-hydrogen) atoms. The summed E-state index contributed by atoms with van der Waals surface area (Å²) >= 11 is 0. The Labute approximate surface area is 162 Å². The van der Waals surface area contributed by atoms with Crippen LogP contribution < -0.4 is 5.32 Å². The molecule has 0 aromatic rings. The number of nitrogens with one attached hydrogen (secondary N) is 1. The van der Waals surface area contributed by atoms with Gasteiger partial charge in [0.2, 0.25) is 5.91 Å². The van der Waals surface area contributed by atoms with Crippen LogP contribution in [0.3, 0.4) is 0 Å². The third-order valence-corrected chi connectivity index (χ3v) is 5.66. The predicted molar refractivity (Wildman–Crippen MR) is 107 cm³/mol. The lowest BCUT2D eigenvalue weighted by molar-refractivity contribution is -0.136. The fourth-order valence-corrected chi connectivity index (χ4v) is 4.30. The summed E-state index contributed by atoms with van der Waals surface area (Å²) in [6.07, 6.45) is 8.22. The number of likely N-dealkylation sites (tertiary alicyclic amines) is 1. The first-order valence-corrected chi connectivity index (χ1v) is 9.91. The molecule has 148 valence electrons. The minimum atomic E-state index is -0.964. The Balaban J connectivity index is 1.73. The number of aliphatic imine (C=N–C) groups is 1. The summed E-state index contributed by atoms with van der Waals surface area (Å²) in [5, 5.41) is 3.21. The SMILES string of the molecule is CC1=CC2=NC(=O)CC(C)(C(=O)NC(C)(C)CN3CCCC(C)C3)N2C=C1. The van der Waals surface area contributed by atoms with E-state index in [1.165, 1.54) is 12.8 Å². The van der Waals surface area contributed by atoms with Crippen LogP contribution in [0.2, 0.25) is 0 Å². The molecule has 2 unspecified atom stereocenters.